The lowest BCUT2D eigenvalue weighted by Gasteiger charge is -2.42. The fraction of sp³-hybridized carbons (Fsp3) is 1.00. The molecule has 1 aliphatic heterocycles. The Labute approximate surface area is 106 Å². The van der Waals surface area contributed by atoms with Gasteiger partial charge in [0.25, 0.3) is 0 Å². The van der Waals surface area contributed by atoms with E-state index >= 15 is 0 Å². The van der Waals surface area contributed by atoms with E-state index in [-0.39, 0.29) is 0 Å². The van der Waals surface area contributed by atoms with Crippen molar-refractivity contribution in [3.8, 4) is 0 Å². The molecule has 2 aliphatic carbocycles. The largest absolute Gasteiger partial charge is 0.326 e. The van der Waals surface area contributed by atoms with Crippen LogP contribution >= 0.6 is 0 Å². The molecule has 3 fully saturated rings. The highest BCUT2D eigenvalue weighted by molar-refractivity contribution is 5.19. The van der Waals surface area contributed by atoms with Crippen molar-refractivity contribution in [3.63, 3.8) is 0 Å². The molecule has 2 nitrogen and oxygen atoms in total. The quantitative estimate of drug-likeness (QED) is 0.758. The molecule has 0 aromatic rings. The summed E-state index contributed by atoms with van der Waals surface area (Å²) in [5, 5.41) is 0. The predicted molar refractivity (Wildman–Crippen MR) is 71.8 cm³/mol. The molecule has 0 amide bonds. The second-order valence-electron chi connectivity index (χ2n) is 7.40. The maximum Gasteiger partial charge on any atom is 0.0286 e. The van der Waals surface area contributed by atoms with Gasteiger partial charge in [0.05, 0.1) is 0 Å². The van der Waals surface area contributed by atoms with Crippen LogP contribution < -0.4 is 5.73 Å². The Morgan fingerprint density at radius 2 is 1.71 bits per heavy atom. The zero-order valence-corrected chi connectivity index (χ0v) is 11.7. The summed E-state index contributed by atoms with van der Waals surface area (Å²) in [5.74, 6) is 0.834. The molecule has 0 aromatic heterocycles. The molecule has 2 saturated carbocycles. The number of nitrogens with two attached hydrogens (primary N) is 1. The molecule has 2 heteroatoms. The molecular formula is C15H28N2. The van der Waals surface area contributed by atoms with Gasteiger partial charge in [-0.3, -0.25) is 4.90 Å². The van der Waals surface area contributed by atoms with Crippen molar-refractivity contribution in [2.75, 3.05) is 13.1 Å². The van der Waals surface area contributed by atoms with Gasteiger partial charge in [0, 0.05) is 12.1 Å². The summed E-state index contributed by atoms with van der Waals surface area (Å²) >= 11 is 0. The molecule has 4 atom stereocenters. The molecule has 0 radical (unpaired) electrons. The molecule has 0 aromatic carbocycles. The molecule has 3 aliphatic rings. The van der Waals surface area contributed by atoms with Gasteiger partial charge in [-0.15, -0.1) is 0 Å². The Morgan fingerprint density at radius 3 is 2.24 bits per heavy atom. The van der Waals surface area contributed by atoms with Crippen molar-refractivity contribution in [1.29, 1.82) is 0 Å². The van der Waals surface area contributed by atoms with Crippen LogP contribution in [0.2, 0.25) is 0 Å². The van der Waals surface area contributed by atoms with E-state index in [4.69, 9.17) is 5.73 Å². The standard InChI is InChI=1S/C15H28N2/c1-14(2)11-7-8-15(14,3)13(16)12(11)17-9-5-4-6-10-17/h11-13H,4-10,16H2,1-3H3/t11?,12-,13-,15?/m1/s1. The van der Waals surface area contributed by atoms with Crippen molar-refractivity contribution in [3.05, 3.63) is 0 Å². The van der Waals surface area contributed by atoms with Crippen LogP contribution in [0.3, 0.4) is 0 Å². The van der Waals surface area contributed by atoms with Gasteiger partial charge in [0.1, 0.15) is 0 Å². The Balaban J connectivity index is 1.88. The normalized spacial score (nSPS) is 49.8. The van der Waals surface area contributed by atoms with Crippen LogP contribution in [-0.4, -0.2) is 30.1 Å². The summed E-state index contributed by atoms with van der Waals surface area (Å²) in [6, 6.07) is 1.07. The van der Waals surface area contributed by atoms with Gasteiger partial charge in [-0.2, -0.15) is 0 Å². The van der Waals surface area contributed by atoms with Gasteiger partial charge >= 0.3 is 0 Å². The molecule has 2 N–H and O–H groups in total. The predicted octanol–water partition coefficient (Wildman–Crippen LogP) is 2.62. The fourth-order valence-corrected chi connectivity index (χ4v) is 5.08. The van der Waals surface area contributed by atoms with Gasteiger partial charge in [-0.1, -0.05) is 27.2 Å². The van der Waals surface area contributed by atoms with Crippen LogP contribution in [0.1, 0.15) is 52.9 Å². The molecular weight excluding hydrogens is 208 g/mol. The summed E-state index contributed by atoms with van der Waals surface area (Å²) in [4.78, 5) is 2.73. The Hall–Kier alpha value is -0.0800. The second kappa shape index (κ2) is 3.71. The molecule has 0 spiro atoms. The van der Waals surface area contributed by atoms with Crippen LogP contribution in [0, 0.1) is 16.7 Å². The van der Waals surface area contributed by atoms with Crippen molar-refractivity contribution >= 4 is 0 Å². The van der Waals surface area contributed by atoms with Crippen molar-refractivity contribution in [2.24, 2.45) is 22.5 Å². The first-order chi connectivity index (χ1) is 7.98. The Bertz CT molecular complexity index is 306. The molecule has 1 saturated heterocycles. The van der Waals surface area contributed by atoms with Crippen molar-refractivity contribution in [1.82, 2.24) is 4.90 Å². The lowest BCUT2D eigenvalue weighted by atomic mass is 9.69. The van der Waals surface area contributed by atoms with E-state index in [0.29, 0.717) is 22.9 Å². The average Bonchev–Trinajstić information content (AvgIpc) is 2.62. The highest BCUT2D eigenvalue weighted by atomic mass is 15.2. The zero-order valence-electron chi connectivity index (χ0n) is 11.7. The third kappa shape index (κ3) is 1.40. The zero-order chi connectivity index (χ0) is 12.3. The highest BCUT2D eigenvalue weighted by Crippen LogP contribution is 2.65. The monoisotopic (exact) mass is 236 g/mol. The summed E-state index contributed by atoms with van der Waals surface area (Å²) in [7, 11) is 0. The summed E-state index contributed by atoms with van der Waals surface area (Å²) in [6.07, 6.45) is 6.93. The van der Waals surface area contributed by atoms with Crippen LogP contribution in [0.25, 0.3) is 0 Å². The highest BCUT2D eigenvalue weighted by Gasteiger charge is 2.65. The van der Waals surface area contributed by atoms with Crippen LogP contribution in [-0.2, 0) is 0 Å². The maximum absolute atomic E-state index is 6.66. The van der Waals surface area contributed by atoms with Crippen molar-refractivity contribution in [2.45, 2.75) is 65.0 Å². The van der Waals surface area contributed by atoms with E-state index in [1.54, 1.807) is 0 Å². The molecule has 3 rings (SSSR count). The van der Waals surface area contributed by atoms with Crippen LogP contribution in [0.5, 0.6) is 0 Å². The van der Waals surface area contributed by atoms with Gasteiger partial charge < -0.3 is 5.73 Å². The topological polar surface area (TPSA) is 29.3 Å². The molecule has 1 heterocycles. The molecule has 98 valence electrons. The lowest BCUT2D eigenvalue weighted by molar-refractivity contribution is 0.0890. The van der Waals surface area contributed by atoms with Crippen molar-refractivity contribution < 1.29 is 0 Å². The summed E-state index contributed by atoms with van der Waals surface area (Å²) in [5.41, 5.74) is 7.48. The minimum atomic E-state index is 0.375. The lowest BCUT2D eigenvalue weighted by Crippen LogP contribution is -2.55. The van der Waals surface area contributed by atoms with E-state index < -0.39 is 0 Å². The number of hydrogen-bond donors (Lipinski definition) is 1. The third-order valence-electron chi connectivity index (χ3n) is 6.70. The van der Waals surface area contributed by atoms with Crippen LogP contribution in [0.15, 0.2) is 0 Å². The second-order valence-corrected chi connectivity index (χ2v) is 7.40. The first-order valence-electron chi connectivity index (χ1n) is 7.48. The SMILES string of the molecule is CC1(C)C2CCC1(C)[C@H](N)[C@@H]2N1CCCCC1. The van der Waals surface area contributed by atoms with Gasteiger partial charge in [0.15, 0.2) is 0 Å². The first kappa shape index (κ1) is 12.0. The van der Waals surface area contributed by atoms with Crippen LogP contribution in [0.4, 0.5) is 0 Å². The Morgan fingerprint density at radius 1 is 1.06 bits per heavy atom. The molecule has 17 heavy (non-hydrogen) atoms. The Kier molecular flexibility index (Phi) is 2.61. The van der Waals surface area contributed by atoms with E-state index in [0.717, 1.165) is 5.92 Å². The third-order valence-corrected chi connectivity index (χ3v) is 6.70. The van der Waals surface area contributed by atoms with E-state index in [1.807, 2.05) is 0 Å². The number of rotatable bonds is 1. The fourth-order valence-electron chi connectivity index (χ4n) is 5.08. The maximum atomic E-state index is 6.66. The smallest absolute Gasteiger partial charge is 0.0286 e. The first-order valence-corrected chi connectivity index (χ1v) is 7.48. The number of likely N-dealkylation sites (tertiary alicyclic amines) is 1. The minimum absolute atomic E-state index is 0.375. The van der Waals surface area contributed by atoms with Gasteiger partial charge in [-0.25, -0.2) is 0 Å². The summed E-state index contributed by atoms with van der Waals surface area (Å²) in [6.45, 7) is 9.96. The number of piperidine rings is 1. The van der Waals surface area contributed by atoms with E-state index in [2.05, 4.69) is 25.7 Å². The van der Waals surface area contributed by atoms with E-state index in [1.165, 1.54) is 45.2 Å². The summed E-state index contributed by atoms with van der Waals surface area (Å²) < 4.78 is 0. The van der Waals surface area contributed by atoms with Gasteiger partial charge in [-0.05, 0) is 55.5 Å². The minimum Gasteiger partial charge on any atom is -0.326 e. The number of nitrogens with zero attached hydrogens (tertiary/aromatic N) is 1. The molecule has 2 unspecified atom stereocenters. The number of fused-ring (bicyclic) bond motifs is 2. The van der Waals surface area contributed by atoms with Gasteiger partial charge in [0.2, 0.25) is 0 Å². The number of hydrogen-bond acceptors (Lipinski definition) is 2. The average molecular weight is 236 g/mol. The molecule has 2 bridgehead atoms. The van der Waals surface area contributed by atoms with E-state index in [9.17, 15) is 0 Å².